The minimum atomic E-state index is -4.31. The second kappa shape index (κ2) is 40.0. The lowest BCUT2D eigenvalue weighted by molar-refractivity contribution is -0.153. The van der Waals surface area contributed by atoms with Crippen LogP contribution in [0.4, 0.5) is 0 Å². The fourth-order valence-electron chi connectivity index (χ4n) is 5.19. The fraction of sp³-hybridized carbons (Fsp3) is 0.698. The molecule has 0 aromatic heterocycles. The predicted octanol–water partition coefficient (Wildman–Crippen LogP) is 12.3. The zero-order valence-electron chi connectivity index (χ0n) is 33.0. The average Bonchev–Trinajstić information content (AvgIpc) is 3.13. The van der Waals surface area contributed by atoms with Gasteiger partial charge in [-0.1, -0.05) is 164 Å². The lowest BCUT2D eigenvalue weighted by Gasteiger charge is -2.19. The number of allylic oxidation sites excluding steroid dienone is 11. The van der Waals surface area contributed by atoms with E-state index in [4.69, 9.17) is 24.3 Å². The first-order valence-electron chi connectivity index (χ1n) is 20.5. The van der Waals surface area contributed by atoms with Gasteiger partial charge >= 0.3 is 13.8 Å². The topological polar surface area (TPSA) is 117 Å². The van der Waals surface area contributed by atoms with Gasteiger partial charge in [-0.15, -0.1) is 0 Å². The minimum Gasteiger partial charge on any atom is -0.498 e. The average molecular weight is 750 g/mol. The Hall–Kier alpha value is -2.22. The van der Waals surface area contributed by atoms with Gasteiger partial charge in [-0.2, -0.15) is 0 Å². The molecule has 9 heteroatoms. The lowest BCUT2D eigenvalue weighted by atomic mass is 10.0. The highest BCUT2D eigenvalue weighted by atomic mass is 31.2. The van der Waals surface area contributed by atoms with E-state index in [1.165, 1.54) is 89.9 Å². The van der Waals surface area contributed by atoms with Gasteiger partial charge in [0.1, 0.15) is 6.61 Å². The smallest absolute Gasteiger partial charge is 0.472 e. The number of rotatable bonds is 38. The zero-order chi connectivity index (χ0) is 38.1. The van der Waals surface area contributed by atoms with Gasteiger partial charge in [0.05, 0.1) is 19.5 Å². The SMILES string of the molecule is CCCC=CCC=CCC=CCC=CCC=CCCC(=O)OC(COC=CCCCCCCCCCCCCCCCC)COP(=O)(O)OCCN. The molecular formula is C43H76NO7P. The highest BCUT2D eigenvalue weighted by Crippen LogP contribution is 2.43. The van der Waals surface area contributed by atoms with Crippen molar-refractivity contribution in [3.05, 3.63) is 73.1 Å². The maximum Gasteiger partial charge on any atom is 0.472 e. The number of unbranched alkanes of at least 4 members (excludes halogenated alkanes) is 15. The van der Waals surface area contributed by atoms with Crippen molar-refractivity contribution in [1.29, 1.82) is 0 Å². The van der Waals surface area contributed by atoms with E-state index >= 15 is 0 Å². The van der Waals surface area contributed by atoms with Crippen LogP contribution in [0, 0.1) is 0 Å². The van der Waals surface area contributed by atoms with Gasteiger partial charge in [0.15, 0.2) is 6.10 Å². The Bertz CT molecular complexity index is 1020. The van der Waals surface area contributed by atoms with E-state index in [0.717, 1.165) is 44.9 Å². The summed E-state index contributed by atoms with van der Waals surface area (Å²) in [5.41, 5.74) is 5.35. The molecule has 2 atom stereocenters. The van der Waals surface area contributed by atoms with Gasteiger partial charge in [0, 0.05) is 13.0 Å². The van der Waals surface area contributed by atoms with Crippen molar-refractivity contribution in [3.63, 3.8) is 0 Å². The summed E-state index contributed by atoms with van der Waals surface area (Å²) in [6.45, 7) is 4.07. The maximum absolute atomic E-state index is 12.5. The Labute approximate surface area is 318 Å². The van der Waals surface area contributed by atoms with Crippen LogP contribution >= 0.6 is 7.82 Å². The summed E-state index contributed by atoms with van der Waals surface area (Å²) in [4.78, 5) is 22.4. The van der Waals surface area contributed by atoms with Crippen LogP contribution in [0.3, 0.4) is 0 Å². The van der Waals surface area contributed by atoms with Crippen molar-refractivity contribution in [2.45, 2.75) is 168 Å². The molecule has 0 saturated carbocycles. The molecule has 0 bridgehead atoms. The van der Waals surface area contributed by atoms with Crippen LogP contribution in [0.1, 0.15) is 162 Å². The largest absolute Gasteiger partial charge is 0.498 e. The molecule has 0 spiro atoms. The Morgan fingerprint density at radius 3 is 1.58 bits per heavy atom. The molecule has 2 unspecified atom stereocenters. The number of hydrogen-bond acceptors (Lipinski definition) is 7. The number of phosphoric acid groups is 1. The van der Waals surface area contributed by atoms with E-state index in [9.17, 15) is 14.3 Å². The molecule has 0 fully saturated rings. The Balaban J connectivity index is 4.25. The molecule has 0 aliphatic carbocycles. The van der Waals surface area contributed by atoms with Crippen molar-refractivity contribution in [2.24, 2.45) is 5.73 Å². The van der Waals surface area contributed by atoms with E-state index in [0.29, 0.717) is 6.42 Å². The van der Waals surface area contributed by atoms with E-state index in [-0.39, 0.29) is 32.8 Å². The molecule has 0 saturated heterocycles. The Morgan fingerprint density at radius 2 is 1.08 bits per heavy atom. The van der Waals surface area contributed by atoms with Gasteiger partial charge < -0.3 is 20.1 Å². The van der Waals surface area contributed by atoms with Crippen LogP contribution in [0.2, 0.25) is 0 Å². The third-order valence-electron chi connectivity index (χ3n) is 8.19. The molecule has 0 aliphatic heterocycles. The molecule has 0 radical (unpaired) electrons. The monoisotopic (exact) mass is 750 g/mol. The van der Waals surface area contributed by atoms with Crippen molar-refractivity contribution < 1.29 is 32.8 Å². The van der Waals surface area contributed by atoms with Crippen LogP contribution in [-0.2, 0) is 27.9 Å². The summed E-state index contributed by atoms with van der Waals surface area (Å²) in [5, 5.41) is 0. The summed E-state index contributed by atoms with van der Waals surface area (Å²) in [6.07, 6.45) is 50.2. The maximum atomic E-state index is 12.5. The molecule has 0 amide bonds. The first-order valence-corrected chi connectivity index (χ1v) is 22.0. The number of ether oxygens (including phenoxy) is 2. The standard InChI is InChI=1S/C43H76NO7P/c1-3-5-7-9-11-13-15-17-19-21-22-24-26-28-30-32-34-36-43(45)51-42(41-50-52(46,47)49-39-37-44)40-48-38-35-33-31-29-27-25-23-20-18-16-14-12-10-8-6-4-2/h7,9,13,15,19,21,24,26,30,32,35,38,42H,3-6,8,10-12,14,16-18,20,22-23,25,27-29,31,33-34,36-37,39-41,44H2,1-2H3,(H,46,47). The fourth-order valence-corrected chi connectivity index (χ4v) is 5.95. The van der Waals surface area contributed by atoms with Gasteiger partial charge in [-0.25, -0.2) is 4.57 Å². The van der Waals surface area contributed by atoms with Crippen LogP contribution in [-0.4, -0.2) is 43.3 Å². The van der Waals surface area contributed by atoms with E-state index in [2.05, 4.69) is 62.5 Å². The lowest BCUT2D eigenvalue weighted by Crippen LogP contribution is -2.27. The first-order chi connectivity index (χ1) is 25.4. The van der Waals surface area contributed by atoms with Gasteiger partial charge in [0.25, 0.3) is 0 Å². The molecule has 8 nitrogen and oxygen atoms in total. The zero-order valence-corrected chi connectivity index (χ0v) is 33.9. The number of phosphoric ester groups is 1. The molecule has 0 rings (SSSR count). The number of esters is 1. The van der Waals surface area contributed by atoms with Crippen LogP contribution in [0.15, 0.2) is 73.1 Å². The second-order valence-electron chi connectivity index (χ2n) is 13.2. The van der Waals surface area contributed by atoms with Crippen LogP contribution in [0.25, 0.3) is 0 Å². The van der Waals surface area contributed by atoms with Gasteiger partial charge in [-0.05, 0) is 57.4 Å². The highest BCUT2D eigenvalue weighted by Gasteiger charge is 2.25. The van der Waals surface area contributed by atoms with E-state index in [1.807, 2.05) is 18.2 Å². The Morgan fingerprint density at radius 1 is 0.596 bits per heavy atom. The van der Waals surface area contributed by atoms with E-state index in [1.54, 1.807) is 6.26 Å². The molecule has 0 aromatic carbocycles. The van der Waals surface area contributed by atoms with Gasteiger partial charge in [-0.3, -0.25) is 13.8 Å². The normalized spacial score (nSPS) is 14.2. The third kappa shape index (κ3) is 39.0. The van der Waals surface area contributed by atoms with Crippen LogP contribution < -0.4 is 5.73 Å². The minimum absolute atomic E-state index is 0.000369. The summed E-state index contributed by atoms with van der Waals surface area (Å²) < 4.78 is 33.0. The number of nitrogens with two attached hydrogens (primary N) is 1. The quantitative estimate of drug-likeness (QED) is 0.0211. The van der Waals surface area contributed by atoms with Crippen molar-refractivity contribution >= 4 is 13.8 Å². The summed E-state index contributed by atoms with van der Waals surface area (Å²) in [5.74, 6) is -0.435. The summed E-state index contributed by atoms with van der Waals surface area (Å²) in [7, 11) is -4.31. The Kier molecular flexibility index (Phi) is 38.3. The van der Waals surface area contributed by atoms with Crippen LogP contribution in [0.5, 0.6) is 0 Å². The predicted molar refractivity (Wildman–Crippen MR) is 219 cm³/mol. The number of carbonyl (C=O) groups is 1. The molecular weight excluding hydrogens is 673 g/mol. The van der Waals surface area contributed by atoms with Crippen molar-refractivity contribution in [2.75, 3.05) is 26.4 Å². The molecule has 300 valence electrons. The summed E-state index contributed by atoms with van der Waals surface area (Å²) >= 11 is 0. The summed E-state index contributed by atoms with van der Waals surface area (Å²) in [6, 6.07) is 0. The molecule has 0 aliphatic rings. The third-order valence-corrected chi connectivity index (χ3v) is 9.17. The second-order valence-corrected chi connectivity index (χ2v) is 14.7. The number of carbonyl (C=O) groups excluding carboxylic acids is 1. The number of hydrogen-bond donors (Lipinski definition) is 2. The highest BCUT2D eigenvalue weighted by molar-refractivity contribution is 7.47. The van der Waals surface area contributed by atoms with Gasteiger partial charge in [0.2, 0.25) is 0 Å². The molecule has 52 heavy (non-hydrogen) atoms. The van der Waals surface area contributed by atoms with E-state index < -0.39 is 19.9 Å². The molecule has 3 N–H and O–H groups in total. The first kappa shape index (κ1) is 49.8. The molecule has 0 heterocycles. The molecule has 0 aromatic rings. The van der Waals surface area contributed by atoms with Crippen molar-refractivity contribution in [3.8, 4) is 0 Å². The van der Waals surface area contributed by atoms with Crippen molar-refractivity contribution in [1.82, 2.24) is 0 Å².